The molecule has 0 bridgehead atoms. The number of rotatable bonds is 5. The van der Waals surface area contributed by atoms with Crippen molar-refractivity contribution < 1.29 is 19.1 Å². The standard InChI is InChI=1S/C20H22ClN3O4/c1-27-17-11-14(10-15(21)19(17)28-2)20(26)23-22-18(25)12-24-9-5-7-13-6-3-4-8-16(13)24/h3-4,6,8,10-11H,5,7,9,12H2,1-2H3,(H,22,25)(H,23,26). The summed E-state index contributed by atoms with van der Waals surface area (Å²) in [7, 11) is 2.91. The van der Waals surface area contributed by atoms with E-state index in [0.29, 0.717) is 11.5 Å². The molecule has 1 aliphatic rings. The Balaban J connectivity index is 1.61. The summed E-state index contributed by atoms with van der Waals surface area (Å²) in [6, 6.07) is 11.0. The Morgan fingerprint density at radius 3 is 2.68 bits per heavy atom. The van der Waals surface area contributed by atoms with Crippen LogP contribution in [0.25, 0.3) is 0 Å². The van der Waals surface area contributed by atoms with Gasteiger partial charge in [-0.2, -0.15) is 0 Å². The maximum absolute atomic E-state index is 12.4. The Labute approximate surface area is 168 Å². The van der Waals surface area contributed by atoms with Gasteiger partial charge >= 0.3 is 0 Å². The third kappa shape index (κ3) is 4.31. The number of halogens is 1. The minimum Gasteiger partial charge on any atom is -0.493 e. The van der Waals surface area contributed by atoms with E-state index in [1.807, 2.05) is 23.1 Å². The Morgan fingerprint density at radius 2 is 1.93 bits per heavy atom. The molecule has 28 heavy (non-hydrogen) atoms. The van der Waals surface area contributed by atoms with E-state index in [2.05, 4.69) is 16.9 Å². The zero-order chi connectivity index (χ0) is 20.1. The van der Waals surface area contributed by atoms with Crippen LogP contribution in [0.3, 0.4) is 0 Å². The monoisotopic (exact) mass is 403 g/mol. The molecule has 2 amide bonds. The Kier molecular flexibility index (Phi) is 6.26. The molecule has 0 atom stereocenters. The van der Waals surface area contributed by atoms with Crippen LogP contribution in [0.5, 0.6) is 11.5 Å². The van der Waals surface area contributed by atoms with E-state index in [-0.39, 0.29) is 23.0 Å². The first-order valence-corrected chi connectivity index (χ1v) is 9.25. The first-order chi connectivity index (χ1) is 13.5. The van der Waals surface area contributed by atoms with Crippen LogP contribution < -0.4 is 25.2 Å². The topological polar surface area (TPSA) is 79.9 Å². The van der Waals surface area contributed by atoms with Gasteiger partial charge in [-0.1, -0.05) is 29.8 Å². The summed E-state index contributed by atoms with van der Waals surface area (Å²) >= 11 is 6.12. The van der Waals surface area contributed by atoms with Crippen molar-refractivity contribution in [2.75, 3.05) is 32.2 Å². The first kappa shape index (κ1) is 19.8. The minimum atomic E-state index is -0.504. The summed E-state index contributed by atoms with van der Waals surface area (Å²) in [4.78, 5) is 26.7. The van der Waals surface area contributed by atoms with Crippen molar-refractivity contribution in [1.82, 2.24) is 10.9 Å². The number of carbonyl (C=O) groups excluding carboxylic acids is 2. The maximum atomic E-state index is 12.4. The molecule has 2 N–H and O–H groups in total. The van der Waals surface area contributed by atoms with Gasteiger partial charge < -0.3 is 14.4 Å². The van der Waals surface area contributed by atoms with Crippen molar-refractivity contribution in [3.8, 4) is 11.5 Å². The molecule has 0 saturated heterocycles. The van der Waals surface area contributed by atoms with E-state index in [0.717, 1.165) is 25.1 Å². The lowest BCUT2D eigenvalue weighted by atomic mass is 10.0. The second-order valence-corrected chi connectivity index (χ2v) is 6.76. The summed E-state index contributed by atoms with van der Waals surface area (Å²) in [6.45, 7) is 0.952. The molecule has 0 spiro atoms. The molecule has 0 fully saturated rings. The smallest absolute Gasteiger partial charge is 0.269 e. The summed E-state index contributed by atoms with van der Waals surface area (Å²) in [6.07, 6.45) is 1.99. The molecular formula is C20H22ClN3O4. The molecule has 0 unspecified atom stereocenters. The molecule has 7 nitrogen and oxygen atoms in total. The molecule has 0 radical (unpaired) electrons. The first-order valence-electron chi connectivity index (χ1n) is 8.87. The van der Waals surface area contributed by atoms with Crippen molar-refractivity contribution >= 4 is 29.1 Å². The van der Waals surface area contributed by atoms with Gasteiger partial charge in [0.15, 0.2) is 11.5 Å². The van der Waals surface area contributed by atoms with Crippen molar-refractivity contribution in [3.63, 3.8) is 0 Å². The molecule has 8 heteroatoms. The number of nitrogens with zero attached hydrogens (tertiary/aromatic N) is 1. The number of methoxy groups -OCH3 is 2. The molecule has 2 aromatic rings. The van der Waals surface area contributed by atoms with Gasteiger partial charge in [-0.05, 0) is 36.6 Å². The number of hydrogen-bond acceptors (Lipinski definition) is 5. The summed E-state index contributed by atoms with van der Waals surface area (Å²) in [5, 5.41) is 0.239. The summed E-state index contributed by atoms with van der Waals surface area (Å²) in [5.41, 5.74) is 7.38. The molecule has 3 rings (SSSR count). The number of aryl methyl sites for hydroxylation is 1. The zero-order valence-corrected chi connectivity index (χ0v) is 16.5. The molecular weight excluding hydrogens is 382 g/mol. The van der Waals surface area contributed by atoms with Gasteiger partial charge in [-0.15, -0.1) is 0 Å². The Morgan fingerprint density at radius 1 is 1.14 bits per heavy atom. The molecule has 148 valence electrons. The molecule has 2 aromatic carbocycles. The number of amides is 2. The number of para-hydroxylation sites is 1. The van der Waals surface area contributed by atoms with Crippen LogP contribution in [0.1, 0.15) is 22.3 Å². The van der Waals surface area contributed by atoms with Crippen LogP contribution in [0, 0.1) is 0 Å². The van der Waals surface area contributed by atoms with Gasteiger partial charge in [0, 0.05) is 17.8 Å². The Bertz CT molecular complexity index is 888. The number of anilines is 1. The van der Waals surface area contributed by atoms with E-state index in [1.165, 1.54) is 31.9 Å². The number of ether oxygens (including phenoxy) is 2. The normalized spacial score (nSPS) is 12.8. The minimum absolute atomic E-state index is 0.157. The lowest BCUT2D eigenvalue weighted by molar-refractivity contribution is -0.120. The number of hydrazine groups is 1. The second kappa shape index (κ2) is 8.84. The molecule has 0 aliphatic carbocycles. The van der Waals surface area contributed by atoms with Gasteiger partial charge in [0.25, 0.3) is 11.8 Å². The summed E-state index contributed by atoms with van der Waals surface area (Å²) < 4.78 is 10.3. The SMILES string of the molecule is COc1cc(C(=O)NNC(=O)CN2CCCc3ccccc32)cc(Cl)c1OC. The highest BCUT2D eigenvalue weighted by Crippen LogP contribution is 2.35. The van der Waals surface area contributed by atoms with Crippen molar-refractivity contribution in [2.24, 2.45) is 0 Å². The Hall–Kier alpha value is -2.93. The van der Waals surface area contributed by atoms with Crippen LogP contribution >= 0.6 is 11.6 Å². The number of nitrogens with one attached hydrogen (secondary N) is 2. The average Bonchev–Trinajstić information content (AvgIpc) is 2.71. The largest absolute Gasteiger partial charge is 0.493 e. The van der Waals surface area contributed by atoms with Crippen LogP contribution in [0.4, 0.5) is 5.69 Å². The molecule has 1 heterocycles. The van der Waals surface area contributed by atoms with Crippen LogP contribution in [0.15, 0.2) is 36.4 Å². The van der Waals surface area contributed by atoms with Crippen molar-refractivity contribution in [3.05, 3.63) is 52.5 Å². The summed E-state index contributed by atoms with van der Waals surface area (Å²) in [5.74, 6) is -0.142. The highest BCUT2D eigenvalue weighted by Gasteiger charge is 2.20. The second-order valence-electron chi connectivity index (χ2n) is 6.35. The van der Waals surface area contributed by atoms with E-state index < -0.39 is 5.91 Å². The molecule has 1 aliphatic heterocycles. The van der Waals surface area contributed by atoms with Gasteiger partial charge in [0.1, 0.15) is 0 Å². The fourth-order valence-corrected chi connectivity index (χ4v) is 3.52. The van der Waals surface area contributed by atoms with Gasteiger partial charge in [-0.3, -0.25) is 20.4 Å². The van der Waals surface area contributed by atoms with Gasteiger partial charge in [0.2, 0.25) is 0 Å². The maximum Gasteiger partial charge on any atom is 0.269 e. The van der Waals surface area contributed by atoms with Gasteiger partial charge in [-0.25, -0.2) is 0 Å². The third-order valence-corrected chi connectivity index (χ3v) is 4.83. The zero-order valence-electron chi connectivity index (χ0n) is 15.8. The number of hydrogen-bond donors (Lipinski definition) is 2. The predicted molar refractivity (Wildman–Crippen MR) is 107 cm³/mol. The van der Waals surface area contributed by atoms with Crippen LogP contribution in [-0.4, -0.2) is 39.1 Å². The molecule has 0 aromatic heterocycles. The lowest BCUT2D eigenvalue weighted by Gasteiger charge is -2.30. The van der Waals surface area contributed by atoms with Crippen LogP contribution in [0.2, 0.25) is 5.02 Å². The van der Waals surface area contributed by atoms with E-state index in [4.69, 9.17) is 21.1 Å². The third-order valence-electron chi connectivity index (χ3n) is 4.55. The average molecular weight is 404 g/mol. The van der Waals surface area contributed by atoms with Crippen molar-refractivity contribution in [1.29, 1.82) is 0 Å². The van der Waals surface area contributed by atoms with Crippen molar-refractivity contribution in [2.45, 2.75) is 12.8 Å². The van der Waals surface area contributed by atoms with E-state index in [9.17, 15) is 9.59 Å². The predicted octanol–water partition coefficient (Wildman–Crippen LogP) is 2.57. The van der Waals surface area contributed by atoms with E-state index >= 15 is 0 Å². The fraction of sp³-hybridized carbons (Fsp3) is 0.300. The molecule has 0 saturated carbocycles. The van der Waals surface area contributed by atoms with Gasteiger partial charge in [0.05, 0.1) is 25.8 Å². The number of fused-ring (bicyclic) bond motifs is 1. The van der Waals surface area contributed by atoms with E-state index in [1.54, 1.807) is 0 Å². The fourth-order valence-electron chi connectivity index (χ4n) is 3.24. The number of carbonyl (C=O) groups is 2. The number of benzene rings is 2. The highest BCUT2D eigenvalue weighted by molar-refractivity contribution is 6.32. The highest BCUT2D eigenvalue weighted by atomic mass is 35.5. The van der Waals surface area contributed by atoms with Crippen LogP contribution in [-0.2, 0) is 11.2 Å². The quantitative estimate of drug-likeness (QED) is 0.750. The lowest BCUT2D eigenvalue weighted by Crippen LogP contribution is -2.47.